The molecule has 0 saturated heterocycles. The molecule has 0 radical (unpaired) electrons. The SMILES string of the molecule is COc1cccc(Nc2ccc(C#N)cc2)c1. The van der Waals surface area contributed by atoms with Crippen molar-refractivity contribution < 1.29 is 4.74 Å². The van der Waals surface area contributed by atoms with Crippen molar-refractivity contribution in [2.75, 3.05) is 12.4 Å². The van der Waals surface area contributed by atoms with E-state index in [2.05, 4.69) is 11.4 Å². The number of hydrogen-bond acceptors (Lipinski definition) is 3. The van der Waals surface area contributed by atoms with Crippen molar-refractivity contribution in [1.82, 2.24) is 0 Å². The van der Waals surface area contributed by atoms with Gasteiger partial charge in [-0.2, -0.15) is 5.26 Å². The second kappa shape index (κ2) is 5.04. The number of hydrogen-bond donors (Lipinski definition) is 1. The molecule has 0 aromatic heterocycles. The largest absolute Gasteiger partial charge is 0.497 e. The average Bonchev–Trinajstić information content (AvgIpc) is 2.40. The van der Waals surface area contributed by atoms with E-state index in [0.717, 1.165) is 17.1 Å². The summed E-state index contributed by atoms with van der Waals surface area (Å²) >= 11 is 0. The van der Waals surface area contributed by atoms with Gasteiger partial charge in [0.15, 0.2) is 0 Å². The molecular weight excluding hydrogens is 212 g/mol. The Hall–Kier alpha value is -2.47. The fourth-order valence-electron chi connectivity index (χ4n) is 1.50. The van der Waals surface area contributed by atoms with E-state index in [1.165, 1.54) is 0 Å². The summed E-state index contributed by atoms with van der Waals surface area (Å²) in [5.41, 5.74) is 2.55. The molecule has 17 heavy (non-hydrogen) atoms. The van der Waals surface area contributed by atoms with E-state index < -0.39 is 0 Å². The molecule has 0 saturated carbocycles. The summed E-state index contributed by atoms with van der Waals surface area (Å²) in [6.07, 6.45) is 0. The van der Waals surface area contributed by atoms with Gasteiger partial charge in [0, 0.05) is 17.4 Å². The lowest BCUT2D eigenvalue weighted by molar-refractivity contribution is 0.415. The van der Waals surface area contributed by atoms with Crippen LogP contribution in [0.3, 0.4) is 0 Å². The van der Waals surface area contributed by atoms with Gasteiger partial charge in [-0.3, -0.25) is 0 Å². The van der Waals surface area contributed by atoms with Crippen LogP contribution in [0.4, 0.5) is 11.4 Å². The normalized spacial score (nSPS) is 9.41. The summed E-state index contributed by atoms with van der Waals surface area (Å²) in [6.45, 7) is 0. The molecule has 0 fully saturated rings. The minimum absolute atomic E-state index is 0.654. The van der Waals surface area contributed by atoms with Gasteiger partial charge < -0.3 is 10.1 Å². The molecule has 2 aromatic rings. The molecule has 2 rings (SSSR count). The summed E-state index contributed by atoms with van der Waals surface area (Å²) in [4.78, 5) is 0. The van der Waals surface area contributed by atoms with Crippen molar-refractivity contribution in [3.63, 3.8) is 0 Å². The molecule has 1 N–H and O–H groups in total. The van der Waals surface area contributed by atoms with Crippen molar-refractivity contribution in [3.05, 3.63) is 54.1 Å². The van der Waals surface area contributed by atoms with Gasteiger partial charge in [-0.25, -0.2) is 0 Å². The highest BCUT2D eigenvalue weighted by Gasteiger charge is 1.97. The van der Waals surface area contributed by atoms with Crippen LogP contribution in [0.5, 0.6) is 5.75 Å². The summed E-state index contributed by atoms with van der Waals surface area (Å²) in [5.74, 6) is 0.809. The molecule has 0 aliphatic rings. The third kappa shape index (κ3) is 2.76. The number of benzene rings is 2. The number of nitriles is 1. The molecule has 84 valence electrons. The van der Waals surface area contributed by atoms with E-state index in [9.17, 15) is 0 Å². The molecular formula is C14H12N2O. The van der Waals surface area contributed by atoms with Crippen LogP contribution < -0.4 is 10.1 Å². The first kappa shape index (κ1) is 11.0. The van der Waals surface area contributed by atoms with Gasteiger partial charge in [0.1, 0.15) is 5.75 Å². The Kier molecular flexibility index (Phi) is 3.27. The highest BCUT2D eigenvalue weighted by atomic mass is 16.5. The molecule has 2 aromatic carbocycles. The zero-order valence-corrected chi connectivity index (χ0v) is 9.47. The van der Waals surface area contributed by atoms with Crippen LogP contribution in [0.2, 0.25) is 0 Å². The van der Waals surface area contributed by atoms with E-state index >= 15 is 0 Å². The number of nitrogens with one attached hydrogen (secondary N) is 1. The van der Waals surface area contributed by atoms with Crippen LogP contribution in [0.15, 0.2) is 48.5 Å². The highest BCUT2D eigenvalue weighted by Crippen LogP contribution is 2.21. The Bertz CT molecular complexity index is 541. The van der Waals surface area contributed by atoms with E-state index in [-0.39, 0.29) is 0 Å². The predicted octanol–water partition coefficient (Wildman–Crippen LogP) is 3.31. The number of nitrogens with zero attached hydrogens (tertiary/aromatic N) is 1. The first-order valence-electron chi connectivity index (χ1n) is 5.23. The van der Waals surface area contributed by atoms with Crippen LogP contribution in [0.1, 0.15) is 5.56 Å². The standard InChI is InChI=1S/C14H12N2O/c1-17-14-4-2-3-13(9-14)16-12-7-5-11(10-15)6-8-12/h2-9,16H,1H3. The van der Waals surface area contributed by atoms with Crippen molar-refractivity contribution >= 4 is 11.4 Å². The molecule has 0 unspecified atom stereocenters. The monoisotopic (exact) mass is 224 g/mol. The maximum absolute atomic E-state index is 8.70. The first-order chi connectivity index (χ1) is 8.31. The lowest BCUT2D eigenvalue weighted by atomic mass is 10.2. The van der Waals surface area contributed by atoms with E-state index in [1.54, 1.807) is 19.2 Å². The first-order valence-corrected chi connectivity index (χ1v) is 5.23. The van der Waals surface area contributed by atoms with Gasteiger partial charge in [0.25, 0.3) is 0 Å². The fourth-order valence-corrected chi connectivity index (χ4v) is 1.50. The molecule has 0 amide bonds. The van der Waals surface area contributed by atoms with Crippen molar-refractivity contribution in [2.45, 2.75) is 0 Å². The maximum atomic E-state index is 8.70. The van der Waals surface area contributed by atoms with Crippen LogP contribution in [-0.2, 0) is 0 Å². The quantitative estimate of drug-likeness (QED) is 0.869. The Balaban J connectivity index is 2.16. The second-order valence-corrected chi connectivity index (χ2v) is 3.55. The number of anilines is 2. The van der Waals surface area contributed by atoms with Crippen LogP contribution >= 0.6 is 0 Å². The van der Waals surface area contributed by atoms with Gasteiger partial charge in [0.05, 0.1) is 18.7 Å². The number of ether oxygens (including phenoxy) is 1. The predicted molar refractivity (Wildman–Crippen MR) is 67.4 cm³/mol. The van der Waals surface area contributed by atoms with Gasteiger partial charge in [-0.05, 0) is 36.4 Å². The Labute approximate surface area is 100 Å². The molecule has 0 aliphatic heterocycles. The van der Waals surface area contributed by atoms with Gasteiger partial charge >= 0.3 is 0 Å². The minimum atomic E-state index is 0.654. The zero-order valence-electron chi connectivity index (χ0n) is 9.47. The minimum Gasteiger partial charge on any atom is -0.497 e. The molecule has 0 spiro atoms. The topological polar surface area (TPSA) is 45.0 Å². The van der Waals surface area contributed by atoms with Crippen LogP contribution in [0.25, 0.3) is 0 Å². The van der Waals surface area contributed by atoms with Gasteiger partial charge in [0.2, 0.25) is 0 Å². The third-order valence-electron chi connectivity index (χ3n) is 2.37. The van der Waals surface area contributed by atoms with E-state index in [1.807, 2.05) is 36.4 Å². The molecule has 0 heterocycles. The summed E-state index contributed by atoms with van der Waals surface area (Å²) in [6, 6.07) is 17.1. The molecule has 0 atom stereocenters. The lowest BCUT2D eigenvalue weighted by Gasteiger charge is -2.07. The number of rotatable bonds is 3. The molecule has 3 nitrogen and oxygen atoms in total. The van der Waals surface area contributed by atoms with Gasteiger partial charge in [-0.15, -0.1) is 0 Å². The van der Waals surface area contributed by atoms with E-state index in [0.29, 0.717) is 5.56 Å². The van der Waals surface area contributed by atoms with E-state index in [4.69, 9.17) is 10.00 Å². The number of methoxy groups -OCH3 is 1. The third-order valence-corrected chi connectivity index (χ3v) is 2.37. The average molecular weight is 224 g/mol. The highest BCUT2D eigenvalue weighted by molar-refractivity contribution is 5.61. The van der Waals surface area contributed by atoms with Crippen molar-refractivity contribution in [1.29, 1.82) is 5.26 Å². The maximum Gasteiger partial charge on any atom is 0.120 e. The summed E-state index contributed by atoms with van der Waals surface area (Å²) in [5, 5.41) is 11.9. The smallest absolute Gasteiger partial charge is 0.120 e. The van der Waals surface area contributed by atoms with Crippen molar-refractivity contribution in [2.24, 2.45) is 0 Å². The zero-order chi connectivity index (χ0) is 12.1. The summed E-state index contributed by atoms with van der Waals surface area (Å²) < 4.78 is 5.15. The summed E-state index contributed by atoms with van der Waals surface area (Å²) in [7, 11) is 1.64. The van der Waals surface area contributed by atoms with Crippen molar-refractivity contribution in [3.8, 4) is 11.8 Å². The second-order valence-electron chi connectivity index (χ2n) is 3.55. The Morgan fingerprint density at radius 2 is 1.82 bits per heavy atom. The molecule has 0 bridgehead atoms. The molecule has 0 aliphatic carbocycles. The van der Waals surface area contributed by atoms with Crippen LogP contribution in [-0.4, -0.2) is 7.11 Å². The lowest BCUT2D eigenvalue weighted by Crippen LogP contribution is -1.91. The van der Waals surface area contributed by atoms with Crippen LogP contribution in [0, 0.1) is 11.3 Å². The molecule has 3 heteroatoms. The van der Waals surface area contributed by atoms with Gasteiger partial charge in [-0.1, -0.05) is 6.07 Å². The fraction of sp³-hybridized carbons (Fsp3) is 0.0714. The Morgan fingerprint density at radius 1 is 1.06 bits per heavy atom. The Morgan fingerprint density at radius 3 is 2.47 bits per heavy atom.